The normalized spacial score (nSPS) is 21.6. The number of aliphatic carboxylic acids is 1. The van der Waals surface area contributed by atoms with Crippen LogP contribution in [0.3, 0.4) is 0 Å². The van der Waals surface area contributed by atoms with Crippen LogP contribution in [0.4, 0.5) is 0 Å². The molecule has 2 N–H and O–H groups in total. The second kappa shape index (κ2) is 6.26. The molecular weight excluding hydrogens is 294 g/mol. The summed E-state index contributed by atoms with van der Waals surface area (Å²) in [5.41, 5.74) is 0.796. The number of hydrogen-bond donors (Lipinski definition) is 2. The first kappa shape index (κ1) is 15.5. The first-order valence-electron chi connectivity index (χ1n) is 6.65. The molecule has 1 saturated heterocycles. The number of hydrogen-bond acceptors (Lipinski definition) is 4. The van der Waals surface area contributed by atoms with Crippen molar-refractivity contribution in [2.24, 2.45) is 5.92 Å². The molecule has 0 radical (unpaired) electrons. The molecule has 1 aromatic carbocycles. The van der Waals surface area contributed by atoms with Crippen molar-refractivity contribution in [1.82, 2.24) is 5.32 Å². The number of carboxylic acids is 1. The minimum absolute atomic E-state index is 0.0124. The highest BCUT2D eigenvalue weighted by atomic mass is 32.2. The van der Waals surface area contributed by atoms with Gasteiger partial charge >= 0.3 is 5.97 Å². The Kier molecular flexibility index (Phi) is 4.62. The molecule has 1 amide bonds. The van der Waals surface area contributed by atoms with E-state index < -0.39 is 33.7 Å². The number of benzene rings is 1. The van der Waals surface area contributed by atoms with Gasteiger partial charge in [-0.25, -0.2) is 13.2 Å². The van der Waals surface area contributed by atoms with E-state index in [0.717, 1.165) is 5.56 Å². The van der Waals surface area contributed by atoms with Crippen LogP contribution in [0.5, 0.6) is 0 Å². The largest absolute Gasteiger partial charge is 0.480 e. The number of nitrogens with one attached hydrogen (secondary N) is 1. The van der Waals surface area contributed by atoms with Crippen molar-refractivity contribution in [3.8, 4) is 0 Å². The van der Waals surface area contributed by atoms with E-state index in [4.69, 9.17) is 0 Å². The molecule has 0 aromatic heterocycles. The molecular formula is C14H17NO5S. The topological polar surface area (TPSA) is 101 Å². The maximum absolute atomic E-state index is 12.0. The van der Waals surface area contributed by atoms with Crippen LogP contribution in [0, 0.1) is 5.92 Å². The lowest BCUT2D eigenvalue weighted by molar-refractivity contribution is -0.142. The fourth-order valence-corrected chi connectivity index (χ4v) is 4.08. The van der Waals surface area contributed by atoms with Gasteiger partial charge in [-0.3, -0.25) is 4.79 Å². The Bertz CT molecular complexity index is 626. The predicted molar refractivity (Wildman–Crippen MR) is 76.5 cm³/mol. The molecule has 21 heavy (non-hydrogen) atoms. The summed E-state index contributed by atoms with van der Waals surface area (Å²) >= 11 is 0. The third kappa shape index (κ3) is 4.29. The molecule has 1 aromatic rings. The average molecular weight is 311 g/mol. The summed E-state index contributed by atoms with van der Waals surface area (Å²) in [4.78, 5) is 23.2. The van der Waals surface area contributed by atoms with Gasteiger partial charge in [0.05, 0.1) is 17.4 Å². The standard InChI is InChI=1S/C14H17NO5S/c16-13(11-6-7-21(19,20)9-11)15-12(14(17)18)8-10-4-2-1-3-5-10/h1-5,11-12H,6-9H2,(H,15,16)(H,17,18)/t11-,12+/m0/s1. The molecule has 0 bridgehead atoms. The van der Waals surface area contributed by atoms with Gasteiger partial charge in [0.25, 0.3) is 0 Å². The van der Waals surface area contributed by atoms with E-state index in [0.29, 0.717) is 0 Å². The Morgan fingerprint density at radius 3 is 2.48 bits per heavy atom. The number of carboxylic acid groups (broad SMARTS) is 1. The van der Waals surface area contributed by atoms with Crippen LogP contribution in [-0.4, -0.2) is 42.9 Å². The number of carbonyl (C=O) groups is 2. The van der Waals surface area contributed by atoms with Crippen LogP contribution in [0.15, 0.2) is 30.3 Å². The zero-order chi connectivity index (χ0) is 15.5. The molecule has 1 aliphatic heterocycles. The highest BCUT2D eigenvalue weighted by Crippen LogP contribution is 2.18. The van der Waals surface area contributed by atoms with Gasteiger partial charge in [0.1, 0.15) is 6.04 Å². The highest BCUT2D eigenvalue weighted by Gasteiger charge is 2.34. The summed E-state index contributed by atoms with van der Waals surface area (Å²) in [7, 11) is -3.16. The van der Waals surface area contributed by atoms with Gasteiger partial charge in [-0.2, -0.15) is 0 Å². The van der Waals surface area contributed by atoms with Crippen molar-refractivity contribution < 1.29 is 23.1 Å². The number of rotatable bonds is 5. The molecule has 1 aliphatic rings. The van der Waals surface area contributed by atoms with Gasteiger partial charge in [0, 0.05) is 6.42 Å². The molecule has 7 heteroatoms. The maximum Gasteiger partial charge on any atom is 0.326 e. The van der Waals surface area contributed by atoms with E-state index in [9.17, 15) is 23.1 Å². The molecule has 114 valence electrons. The number of amides is 1. The zero-order valence-corrected chi connectivity index (χ0v) is 12.2. The third-order valence-corrected chi connectivity index (χ3v) is 5.27. The SMILES string of the molecule is O=C(N[C@H](Cc1ccccc1)C(=O)O)[C@H]1CCS(=O)(=O)C1. The molecule has 2 rings (SSSR count). The smallest absolute Gasteiger partial charge is 0.326 e. The molecule has 2 atom stereocenters. The van der Waals surface area contributed by atoms with Crippen LogP contribution in [0.2, 0.25) is 0 Å². The van der Waals surface area contributed by atoms with Crippen LogP contribution in [0.1, 0.15) is 12.0 Å². The Hall–Kier alpha value is -1.89. The Balaban J connectivity index is 2.00. The van der Waals surface area contributed by atoms with Crippen molar-refractivity contribution in [3.63, 3.8) is 0 Å². The van der Waals surface area contributed by atoms with Gasteiger partial charge in [0.15, 0.2) is 9.84 Å². The second-order valence-electron chi connectivity index (χ2n) is 5.19. The molecule has 1 fully saturated rings. The Morgan fingerprint density at radius 2 is 1.95 bits per heavy atom. The van der Waals surface area contributed by atoms with Crippen molar-refractivity contribution in [2.75, 3.05) is 11.5 Å². The maximum atomic E-state index is 12.0. The summed E-state index contributed by atoms with van der Waals surface area (Å²) in [6.45, 7) is 0. The molecule has 0 unspecified atom stereocenters. The van der Waals surface area contributed by atoms with Crippen molar-refractivity contribution >= 4 is 21.7 Å². The van der Waals surface area contributed by atoms with Gasteiger partial charge in [0.2, 0.25) is 5.91 Å². The Labute approximate surface area is 123 Å². The van der Waals surface area contributed by atoms with Gasteiger partial charge in [-0.1, -0.05) is 30.3 Å². The second-order valence-corrected chi connectivity index (χ2v) is 7.42. The van der Waals surface area contributed by atoms with E-state index in [1.165, 1.54) is 0 Å². The first-order chi connectivity index (χ1) is 9.87. The highest BCUT2D eigenvalue weighted by molar-refractivity contribution is 7.91. The van der Waals surface area contributed by atoms with Crippen LogP contribution in [-0.2, 0) is 25.8 Å². The van der Waals surface area contributed by atoms with Gasteiger partial charge in [-0.05, 0) is 12.0 Å². The van der Waals surface area contributed by atoms with Crippen LogP contribution >= 0.6 is 0 Å². The summed E-state index contributed by atoms with van der Waals surface area (Å²) in [6, 6.07) is 7.91. The van der Waals surface area contributed by atoms with Crippen molar-refractivity contribution in [1.29, 1.82) is 0 Å². The lowest BCUT2D eigenvalue weighted by Crippen LogP contribution is -2.45. The molecule has 6 nitrogen and oxygen atoms in total. The van der Waals surface area contributed by atoms with Crippen molar-refractivity contribution in [3.05, 3.63) is 35.9 Å². The lowest BCUT2D eigenvalue weighted by atomic mass is 10.0. The van der Waals surface area contributed by atoms with Crippen LogP contribution < -0.4 is 5.32 Å². The van der Waals surface area contributed by atoms with E-state index in [1.54, 1.807) is 24.3 Å². The summed E-state index contributed by atoms with van der Waals surface area (Å²) < 4.78 is 22.7. The summed E-state index contributed by atoms with van der Waals surface area (Å²) in [6.07, 6.45) is 0.424. The predicted octanol–water partition coefficient (Wildman–Crippen LogP) is 0.233. The summed E-state index contributed by atoms with van der Waals surface area (Å²) in [5, 5.41) is 11.6. The fraction of sp³-hybridized carbons (Fsp3) is 0.429. The van der Waals surface area contributed by atoms with E-state index in [-0.39, 0.29) is 24.3 Å². The van der Waals surface area contributed by atoms with E-state index >= 15 is 0 Å². The minimum atomic E-state index is -3.16. The fourth-order valence-electron chi connectivity index (χ4n) is 2.34. The third-order valence-electron chi connectivity index (χ3n) is 3.50. The molecule has 1 heterocycles. The number of carbonyl (C=O) groups excluding carboxylic acids is 1. The summed E-state index contributed by atoms with van der Waals surface area (Å²) in [5.74, 6) is -2.49. The van der Waals surface area contributed by atoms with Crippen LogP contribution in [0.25, 0.3) is 0 Å². The van der Waals surface area contributed by atoms with Gasteiger partial charge in [-0.15, -0.1) is 0 Å². The lowest BCUT2D eigenvalue weighted by Gasteiger charge is -2.17. The molecule has 0 spiro atoms. The zero-order valence-electron chi connectivity index (χ0n) is 11.4. The van der Waals surface area contributed by atoms with E-state index in [2.05, 4.69) is 5.32 Å². The quantitative estimate of drug-likeness (QED) is 0.811. The van der Waals surface area contributed by atoms with Gasteiger partial charge < -0.3 is 10.4 Å². The number of sulfone groups is 1. The average Bonchev–Trinajstić information content (AvgIpc) is 2.79. The molecule has 0 aliphatic carbocycles. The first-order valence-corrected chi connectivity index (χ1v) is 8.47. The van der Waals surface area contributed by atoms with E-state index in [1.807, 2.05) is 6.07 Å². The monoisotopic (exact) mass is 311 g/mol. The van der Waals surface area contributed by atoms with Crippen molar-refractivity contribution in [2.45, 2.75) is 18.9 Å². The Morgan fingerprint density at radius 1 is 1.29 bits per heavy atom. The minimum Gasteiger partial charge on any atom is -0.480 e. The molecule has 0 saturated carbocycles.